The molecule has 0 bridgehead atoms. The van der Waals surface area contributed by atoms with Gasteiger partial charge in [-0.15, -0.1) is 0 Å². The molecule has 0 aromatic heterocycles. The van der Waals surface area contributed by atoms with Crippen molar-refractivity contribution in [1.29, 1.82) is 0 Å². The standard InChI is InChI=1S/C15H24N2O2S/c1-11-8-13(10-16)9-14(12(11)2)20(18,19)17-7-5-6-15(17,3)4/h8-9H,5-7,10,16H2,1-4H3. The number of benzene rings is 1. The van der Waals surface area contributed by atoms with Crippen molar-refractivity contribution < 1.29 is 8.42 Å². The van der Waals surface area contributed by atoms with Gasteiger partial charge < -0.3 is 5.73 Å². The van der Waals surface area contributed by atoms with E-state index in [2.05, 4.69) is 0 Å². The number of nitrogens with two attached hydrogens (primary N) is 1. The Morgan fingerprint density at radius 3 is 2.45 bits per heavy atom. The predicted octanol–water partition coefficient (Wildman–Crippen LogP) is 2.33. The van der Waals surface area contributed by atoms with E-state index in [0.717, 1.165) is 29.5 Å². The highest BCUT2D eigenvalue weighted by molar-refractivity contribution is 7.89. The van der Waals surface area contributed by atoms with Crippen LogP contribution >= 0.6 is 0 Å². The zero-order valence-electron chi connectivity index (χ0n) is 12.7. The zero-order chi connectivity index (χ0) is 15.1. The lowest BCUT2D eigenvalue weighted by Crippen LogP contribution is -2.42. The average Bonchev–Trinajstić information content (AvgIpc) is 2.72. The minimum Gasteiger partial charge on any atom is -0.326 e. The van der Waals surface area contributed by atoms with E-state index < -0.39 is 10.0 Å². The maximum Gasteiger partial charge on any atom is 0.243 e. The molecule has 1 aromatic carbocycles. The molecule has 4 nitrogen and oxygen atoms in total. The highest BCUT2D eigenvalue weighted by atomic mass is 32.2. The van der Waals surface area contributed by atoms with Gasteiger partial charge in [0.15, 0.2) is 0 Å². The number of aryl methyl sites for hydroxylation is 1. The normalized spacial score (nSPS) is 19.4. The van der Waals surface area contributed by atoms with Crippen LogP contribution in [-0.2, 0) is 16.6 Å². The van der Waals surface area contributed by atoms with Crippen LogP contribution < -0.4 is 5.73 Å². The Bertz CT molecular complexity index is 621. The van der Waals surface area contributed by atoms with E-state index in [-0.39, 0.29) is 5.54 Å². The van der Waals surface area contributed by atoms with Gasteiger partial charge >= 0.3 is 0 Å². The van der Waals surface area contributed by atoms with Crippen LogP contribution in [-0.4, -0.2) is 24.8 Å². The Labute approximate surface area is 122 Å². The molecule has 1 fully saturated rings. The number of hydrogen-bond donors (Lipinski definition) is 1. The molecule has 2 N–H and O–H groups in total. The number of nitrogens with zero attached hydrogens (tertiary/aromatic N) is 1. The number of hydrogen-bond acceptors (Lipinski definition) is 3. The molecule has 1 saturated heterocycles. The third-order valence-electron chi connectivity index (χ3n) is 4.31. The summed E-state index contributed by atoms with van der Waals surface area (Å²) in [7, 11) is -3.45. The van der Waals surface area contributed by atoms with Crippen LogP contribution in [0.15, 0.2) is 17.0 Å². The van der Waals surface area contributed by atoms with Crippen molar-refractivity contribution in [3.05, 3.63) is 28.8 Å². The summed E-state index contributed by atoms with van der Waals surface area (Å²) in [5.74, 6) is 0. The summed E-state index contributed by atoms with van der Waals surface area (Å²) in [6.45, 7) is 8.74. The predicted molar refractivity (Wildman–Crippen MR) is 81.0 cm³/mol. The van der Waals surface area contributed by atoms with Crippen molar-refractivity contribution in [2.45, 2.75) is 57.5 Å². The number of sulfonamides is 1. The molecular formula is C15H24N2O2S. The van der Waals surface area contributed by atoms with Gasteiger partial charge in [0.25, 0.3) is 0 Å². The second kappa shape index (κ2) is 5.13. The maximum absolute atomic E-state index is 13.0. The third kappa shape index (κ3) is 2.50. The van der Waals surface area contributed by atoms with Crippen LogP contribution in [0.5, 0.6) is 0 Å². The molecule has 0 atom stereocenters. The first-order valence-electron chi connectivity index (χ1n) is 7.03. The quantitative estimate of drug-likeness (QED) is 0.931. The van der Waals surface area contributed by atoms with Crippen molar-refractivity contribution in [2.75, 3.05) is 6.54 Å². The SMILES string of the molecule is Cc1cc(CN)cc(S(=O)(=O)N2CCCC2(C)C)c1C. The lowest BCUT2D eigenvalue weighted by atomic mass is 10.0. The third-order valence-corrected chi connectivity index (χ3v) is 6.55. The van der Waals surface area contributed by atoms with Gasteiger partial charge in [0.1, 0.15) is 0 Å². The van der Waals surface area contributed by atoms with Gasteiger partial charge in [0, 0.05) is 18.6 Å². The summed E-state index contributed by atoms with van der Waals surface area (Å²) in [4.78, 5) is 0.410. The minimum atomic E-state index is -3.45. The second-order valence-corrected chi connectivity index (χ2v) is 8.06. The molecule has 1 aromatic rings. The topological polar surface area (TPSA) is 63.4 Å². The monoisotopic (exact) mass is 296 g/mol. The smallest absolute Gasteiger partial charge is 0.243 e. The van der Waals surface area contributed by atoms with Gasteiger partial charge in [0.2, 0.25) is 10.0 Å². The van der Waals surface area contributed by atoms with Gasteiger partial charge in [-0.05, 0) is 63.3 Å². The van der Waals surface area contributed by atoms with E-state index >= 15 is 0 Å². The first kappa shape index (κ1) is 15.5. The van der Waals surface area contributed by atoms with E-state index in [9.17, 15) is 8.42 Å². The van der Waals surface area contributed by atoms with E-state index in [4.69, 9.17) is 5.73 Å². The van der Waals surface area contributed by atoms with Gasteiger partial charge in [0.05, 0.1) is 4.90 Å². The minimum absolute atomic E-state index is 0.308. The van der Waals surface area contributed by atoms with Crippen LogP contribution in [0, 0.1) is 13.8 Å². The molecule has 20 heavy (non-hydrogen) atoms. The van der Waals surface area contributed by atoms with Crippen LogP contribution in [0.1, 0.15) is 43.4 Å². The van der Waals surface area contributed by atoms with Crippen molar-refractivity contribution in [1.82, 2.24) is 4.31 Å². The first-order chi connectivity index (χ1) is 9.20. The Morgan fingerprint density at radius 1 is 1.30 bits per heavy atom. The summed E-state index contributed by atoms with van der Waals surface area (Å²) >= 11 is 0. The molecule has 0 spiro atoms. The fraction of sp³-hybridized carbons (Fsp3) is 0.600. The van der Waals surface area contributed by atoms with Gasteiger partial charge in [-0.3, -0.25) is 0 Å². The molecule has 2 rings (SSSR count). The molecule has 0 amide bonds. The molecule has 0 radical (unpaired) electrons. The van der Waals surface area contributed by atoms with Crippen molar-refractivity contribution in [3.63, 3.8) is 0 Å². The van der Waals surface area contributed by atoms with E-state index in [1.807, 2.05) is 33.8 Å². The average molecular weight is 296 g/mol. The molecule has 0 unspecified atom stereocenters. The highest BCUT2D eigenvalue weighted by Gasteiger charge is 2.41. The lowest BCUT2D eigenvalue weighted by molar-refractivity contribution is 0.291. The highest BCUT2D eigenvalue weighted by Crippen LogP contribution is 2.35. The summed E-state index contributed by atoms with van der Waals surface area (Å²) in [6.07, 6.45) is 1.82. The van der Waals surface area contributed by atoms with Crippen molar-refractivity contribution in [2.24, 2.45) is 5.73 Å². The molecule has 1 aliphatic heterocycles. The van der Waals surface area contributed by atoms with Crippen molar-refractivity contribution in [3.8, 4) is 0 Å². The van der Waals surface area contributed by atoms with Crippen LogP contribution in [0.4, 0.5) is 0 Å². The van der Waals surface area contributed by atoms with E-state index in [1.54, 1.807) is 10.4 Å². The molecule has 112 valence electrons. The Morgan fingerprint density at radius 2 is 1.95 bits per heavy atom. The molecule has 5 heteroatoms. The number of rotatable bonds is 3. The lowest BCUT2D eigenvalue weighted by Gasteiger charge is -2.31. The Kier molecular flexibility index (Phi) is 3.97. The zero-order valence-corrected chi connectivity index (χ0v) is 13.5. The summed E-state index contributed by atoms with van der Waals surface area (Å²) in [6, 6.07) is 3.69. The second-order valence-electron chi connectivity index (χ2n) is 6.23. The van der Waals surface area contributed by atoms with Gasteiger partial charge in [-0.25, -0.2) is 8.42 Å². The fourth-order valence-corrected chi connectivity index (χ4v) is 5.13. The summed E-state index contributed by atoms with van der Waals surface area (Å²) < 4.78 is 27.6. The molecule has 1 heterocycles. The van der Waals surface area contributed by atoms with E-state index in [1.165, 1.54) is 0 Å². The van der Waals surface area contributed by atoms with Crippen LogP contribution in [0.25, 0.3) is 0 Å². The van der Waals surface area contributed by atoms with Crippen LogP contribution in [0.3, 0.4) is 0 Å². The fourth-order valence-electron chi connectivity index (χ4n) is 2.93. The van der Waals surface area contributed by atoms with Gasteiger partial charge in [-0.2, -0.15) is 4.31 Å². The summed E-state index contributed by atoms with van der Waals surface area (Å²) in [5.41, 5.74) is 8.04. The molecule has 0 saturated carbocycles. The maximum atomic E-state index is 13.0. The molecule has 1 aliphatic rings. The van der Waals surface area contributed by atoms with Gasteiger partial charge in [-0.1, -0.05) is 6.07 Å². The Balaban J connectivity index is 2.58. The Hall–Kier alpha value is -0.910. The van der Waals surface area contributed by atoms with Crippen molar-refractivity contribution >= 4 is 10.0 Å². The first-order valence-corrected chi connectivity index (χ1v) is 8.47. The largest absolute Gasteiger partial charge is 0.326 e. The molecular weight excluding hydrogens is 272 g/mol. The summed E-state index contributed by atoms with van der Waals surface area (Å²) in [5, 5.41) is 0. The van der Waals surface area contributed by atoms with E-state index in [0.29, 0.717) is 18.0 Å². The van der Waals surface area contributed by atoms with Crippen LogP contribution in [0.2, 0.25) is 0 Å². The molecule has 0 aliphatic carbocycles.